The highest BCUT2D eigenvalue weighted by molar-refractivity contribution is 9.10. The molecule has 0 unspecified atom stereocenters. The van der Waals surface area contributed by atoms with Gasteiger partial charge in [0.2, 0.25) is 0 Å². The van der Waals surface area contributed by atoms with E-state index in [0.29, 0.717) is 35.1 Å². The second kappa shape index (κ2) is 5.51. The Balaban J connectivity index is 1.88. The molecule has 0 saturated carbocycles. The number of aromatic nitrogens is 2. The van der Waals surface area contributed by atoms with Gasteiger partial charge in [-0.25, -0.2) is 15.8 Å². The Labute approximate surface area is 123 Å². The van der Waals surface area contributed by atoms with Gasteiger partial charge in [-0.2, -0.15) is 0 Å². The van der Waals surface area contributed by atoms with E-state index in [0.717, 1.165) is 11.4 Å². The number of nitrogens with zero attached hydrogens (tertiary/aromatic N) is 2. The van der Waals surface area contributed by atoms with Crippen LogP contribution in [0.2, 0.25) is 0 Å². The highest BCUT2D eigenvalue weighted by Crippen LogP contribution is 2.35. The van der Waals surface area contributed by atoms with Crippen LogP contribution in [-0.2, 0) is 0 Å². The van der Waals surface area contributed by atoms with E-state index in [-0.39, 0.29) is 0 Å². The summed E-state index contributed by atoms with van der Waals surface area (Å²) in [5.41, 5.74) is 3.32. The number of ether oxygens (including phenoxy) is 2. The Morgan fingerprint density at radius 1 is 1.10 bits per heavy atom. The van der Waals surface area contributed by atoms with Gasteiger partial charge < -0.3 is 20.2 Å². The first-order valence-electron chi connectivity index (χ1n) is 5.91. The van der Waals surface area contributed by atoms with Crippen molar-refractivity contribution >= 4 is 33.3 Å². The molecule has 0 bridgehead atoms. The quantitative estimate of drug-likeness (QED) is 0.582. The van der Waals surface area contributed by atoms with Crippen LogP contribution < -0.4 is 26.1 Å². The Kier molecular flexibility index (Phi) is 3.57. The zero-order valence-corrected chi connectivity index (χ0v) is 12.0. The molecule has 0 amide bonds. The van der Waals surface area contributed by atoms with Crippen LogP contribution in [0.3, 0.4) is 0 Å². The fourth-order valence-corrected chi connectivity index (χ4v) is 2.23. The van der Waals surface area contributed by atoms with Gasteiger partial charge in [-0.15, -0.1) is 0 Å². The Morgan fingerprint density at radius 2 is 1.85 bits per heavy atom. The average molecular weight is 338 g/mol. The lowest BCUT2D eigenvalue weighted by molar-refractivity contribution is 0.171. The van der Waals surface area contributed by atoms with Gasteiger partial charge in [0.15, 0.2) is 17.3 Å². The van der Waals surface area contributed by atoms with Crippen LogP contribution in [-0.4, -0.2) is 23.2 Å². The third-order valence-electron chi connectivity index (χ3n) is 2.73. The van der Waals surface area contributed by atoms with Gasteiger partial charge >= 0.3 is 0 Å². The number of nitrogen functional groups attached to an aromatic ring is 1. The Hall–Kier alpha value is -2.06. The number of hydrogen-bond acceptors (Lipinski definition) is 7. The Bertz CT molecular complexity index is 637. The number of fused-ring (bicyclic) bond motifs is 1. The zero-order valence-electron chi connectivity index (χ0n) is 10.4. The maximum atomic E-state index is 5.54. The van der Waals surface area contributed by atoms with Crippen molar-refractivity contribution < 1.29 is 9.47 Å². The number of nitrogens with one attached hydrogen (secondary N) is 2. The van der Waals surface area contributed by atoms with E-state index < -0.39 is 0 Å². The molecule has 0 atom stereocenters. The number of halogens is 1. The van der Waals surface area contributed by atoms with E-state index in [1.54, 1.807) is 0 Å². The zero-order chi connectivity index (χ0) is 13.9. The van der Waals surface area contributed by atoms with Crippen molar-refractivity contribution in [3.63, 3.8) is 0 Å². The van der Waals surface area contributed by atoms with Crippen molar-refractivity contribution in [2.75, 3.05) is 24.0 Å². The summed E-state index contributed by atoms with van der Waals surface area (Å²) in [6.45, 7) is 1.12. The second-order valence-electron chi connectivity index (χ2n) is 4.01. The molecule has 0 saturated heterocycles. The molecule has 7 nitrogen and oxygen atoms in total. The van der Waals surface area contributed by atoms with Gasteiger partial charge in [-0.3, -0.25) is 0 Å². The monoisotopic (exact) mass is 337 g/mol. The van der Waals surface area contributed by atoms with Gasteiger partial charge in [0, 0.05) is 11.8 Å². The molecule has 4 N–H and O–H groups in total. The molecule has 0 radical (unpaired) electrons. The Morgan fingerprint density at radius 3 is 2.65 bits per heavy atom. The van der Waals surface area contributed by atoms with Crippen molar-refractivity contribution in [3.05, 3.63) is 29.0 Å². The summed E-state index contributed by atoms with van der Waals surface area (Å²) in [5.74, 6) is 7.93. The lowest BCUT2D eigenvalue weighted by atomic mass is 10.2. The van der Waals surface area contributed by atoms with Gasteiger partial charge in [0.25, 0.3) is 0 Å². The minimum absolute atomic E-state index is 0.500. The SMILES string of the molecule is NNc1ncnc(Nc2ccc3c(c2)OCCO3)c1Br. The molecular weight excluding hydrogens is 326 g/mol. The van der Waals surface area contributed by atoms with Crippen LogP contribution in [0.5, 0.6) is 11.5 Å². The number of anilines is 3. The number of hydrazine groups is 1. The van der Waals surface area contributed by atoms with Crippen molar-refractivity contribution in [2.45, 2.75) is 0 Å². The molecule has 8 heteroatoms. The summed E-state index contributed by atoms with van der Waals surface area (Å²) >= 11 is 3.39. The van der Waals surface area contributed by atoms with Gasteiger partial charge in [0.05, 0.1) is 0 Å². The minimum atomic E-state index is 0.500. The third kappa shape index (κ3) is 2.47. The fraction of sp³-hybridized carbons (Fsp3) is 0.167. The molecule has 1 aliphatic rings. The number of hydrogen-bond donors (Lipinski definition) is 3. The van der Waals surface area contributed by atoms with Crippen molar-refractivity contribution in [3.8, 4) is 11.5 Å². The summed E-state index contributed by atoms with van der Waals surface area (Å²) < 4.78 is 11.7. The number of rotatable bonds is 3. The summed E-state index contributed by atoms with van der Waals surface area (Å²) in [6, 6.07) is 5.60. The molecule has 0 fully saturated rings. The first-order chi connectivity index (χ1) is 9.78. The predicted octanol–water partition coefficient (Wildman–Crippen LogP) is 2.04. The van der Waals surface area contributed by atoms with E-state index >= 15 is 0 Å². The molecular formula is C12H12BrN5O2. The molecule has 2 aromatic rings. The van der Waals surface area contributed by atoms with Crippen LogP contribution in [0.25, 0.3) is 0 Å². The number of benzene rings is 1. The highest BCUT2D eigenvalue weighted by Gasteiger charge is 2.13. The molecule has 3 rings (SSSR count). The van der Waals surface area contributed by atoms with Crippen LogP contribution in [0.4, 0.5) is 17.3 Å². The van der Waals surface area contributed by atoms with Crippen LogP contribution in [0.15, 0.2) is 29.0 Å². The normalized spacial score (nSPS) is 12.9. The van der Waals surface area contributed by atoms with Gasteiger partial charge in [-0.05, 0) is 28.1 Å². The summed E-state index contributed by atoms with van der Waals surface area (Å²) in [4.78, 5) is 8.15. The summed E-state index contributed by atoms with van der Waals surface area (Å²) in [5, 5.41) is 3.17. The van der Waals surface area contributed by atoms with E-state index in [4.69, 9.17) is 15.3 Å². The predicted molar refractivity (Wildman–Crippen MR) is 78.3 cm³/mol. The van der Waals surface area contributed by atoms with E-state index in [1.807, 2.05) is 18.2 Å². The van der Waals surface area contributed by atoms with Crippen LogP contribution >= 0.6 is 15.9 Å². The molecule has 20 heavy (non-hydrogen) atoms. The second-order valence-corrected chi connectivity index (χ2v) is 4.81. The summed E-state index contributed by atoms with van der Waals surface area (Å²) in [6.07, 6.45) is 1.42. The molecule has 1 aromatic carbocycles. The third-order valence-corrected chi connectivity index (χ3v) is 3.48. The lowest BCUT2D eigenvalue weighted by Crippen LogP contribution is -2.15. The molecule has 104 valence electrons. The topological polar surface area (TPSA) is 94.3 Å². The average Bonchev–Trinajstić information content (AvgIpc) is 2.49. The van der Waals surface area contributed by atoms with E-state index in [9.17, 15) is 0 Å². The fourth-order valence-electron chi connectivity index (χ4n) is 1.82. The number of nitrogens with two attached hydrogens (primary N) is 1. The molecule has 0 aliphatic carbocycles. The van der Waals surface area contributed by atoms with Gasteiger partial charge in [0.1, 0.15) is 29.8 Å². The molecule has 1 aromatic heterocycles. The lowest BCUT2D eigenvalue weighted by Gasteiger charge is -2.19. The van der Waals surface area contributed by atoms with Crippen LogP contribution in [0, 0.1) is 0 Å². The summed E-state index contributed by atoms with van der Waals surface area (Å²) in [7, 11) is 0. The highest BCUT2D eigenvalue weighted by atomic mass is 79.9. The van der Waals surface area contributed by atoms with E-state index in [2.05, 4.69) is 36.6 Å². The van der Waals surface area contributed by atoms with E-state index in [1.165, 1.54) is 6.33 Å². The maximum Gasteiger partial charge on any atom is 0.163 e. The van der Waals surface area contributed by atoms with Crippen molar-refractivity contribution in [1.29, 1.82) is 0 Å². The minimum Gasteiger partial charge on any atom is -0.486 e. The molecule has 2 heterocycles. The largest absolute Gasteiger partial charge is 0.486 e. The maximum absolute atomic E-state index is 5.54. The molecule has 0 spiro atoms. The van der Waals surface area contributed by atoms with Crippen LogP contribution in [0.1, 0.15) is 0 Å². The van der Waals surface area contributed by atoms with Crippen molar-refractivity contribution in [1.82, 2.24) is 9.97 Å². The van der Waals surface area contributed by atoms with Crippen molar-refractivity contribution in [2.24, 2.45) is 5.84 Å². The molecule has 1 aliphatic heterocycles. The standard InChI is InChI=1S/C12H12BrN5O2/c13-10-11(15-6-16-12(10)18-14)17-7-1-2-8-9(5-7)20-4-3-19-8/h1-2,5-6H,3-4,14H2,(H2,15,16,17,18). The first kappa shape index (κ1) is 12.9. The smallest absolute Gasteiger partial charge is 0.163 e. The van der Waals surface area contributed by atoms with Gasteiger partial charge in [-0.1, -0.05) is 0 Å². The first-order valence-corrected chi connectivity index (χ1v) is 6.71.